The highest BCUT2D eigenvalue weighted by molar-refractivity contribution is 5.97. The second-order valence-electron chi connectivity index (χ2n) is 3.70. The van der Waals surface area contributed by atoms with Gasteiger partial charge in [-0.15, -0.1) is 0 Å². The summed E-state index contributed by atoms with van der Waals surface area (Å²) in [5.41, 5.74) is 6.21. The van der Waals surface area contributed by atoms with E-state index in [2.05, 4.69) is 10.2 Å². The van der Waals surface area contributed by atoms with Gasteiger partial charge in [-0.1, -0.05) is 0 Å². The number of H-pyrrole nitrogens is 1. The highest BCUT2D eigenvalue weighted by atomic mass is 16.2. The van der Waals surface area contributed by atoms with Crippen LogP contribution in [0.1, 0.15) is 30.8 Å². The number of rotatable bonds is 4. The van der Waals surface area contributed by atoms with Gasteiger partial charge in [-0.05, 0) is 13.8 Å². The maximum absolute atomic E-state index is 12.0. The zero-order valence-electron chi connectivity index (χ0n) is 9.40. The van der Waals surface area contributed by atoms with Gasteiger partial charge in [-0.2, -0.15) is 10.4 Å². The van der Waals surface area contributed by atoms with E-state index in [-0.39, 0.29) is 17.6 Å². The second kappa shape index (κ2) is 5.16. The van der Waals surface area contributed by atoms with Crippen molar-refractivity contribution in [2.75, 3.05) is 12.3 Å². The maximum Gasteiger partial charge on any atom is 0.274 e. The Labute approximate surface area is 94.0 Å². The molecule has 0 unspecified atom stereocenters. The normalized spacial score (nSPS) is 10.1. The molecule has 1 amide bonds. The second-order valence-corrected chi connectivity index (χ2v) is 3.70. The smallest absolute Gasteiger partial charge is 0.274 e. The number of nitrogen functional groups attached to an aromatic ring is 1. The van der Waals surface area contributed by atoms with Crippen molar-refractivity contribution in [2.24, 2.45) is 0 Å². The van der Waals surface area contributed by atoms with Crippen molar-refractivity contribution in [3.05, 3.63) is 11.9 Å². The Morgan fingerprint density at radius 3 is 2.88 bits per heavy atom. The number of hydrogen-bond acceptors (Lipinski definition) is 4. The number of anilines is 1. The lowest BCUT2D eigenvalue weighted by atomic mass is 10.2. The number of carbonyl (C=O) groups is 1. The van der Waals surface area contributed by atoms with Gasteiger partial charge in [0.15, 0.2) is 0 Å². The fraction of sp³-hybridized carbons (Fsp3) is 0.500. The third-order valence-corrected chi connectivity index (χ3v) is 2.23. The molecule has 6 nitrogen and oxygen atoms in total. The lowest BCUT2D eigenvalue weighted by molar-refractivity contribution is 0.0705. The number of aromatic nitrogens is 2. The summed E-state index contributed by atoms with van der Waals surface area (Å²) < 4.78 is 0. The molecule has 0 fully saturated rings. The molecule has 0 aliphatic rings. The van der Waals surface area contributed by atoms with Gasteiger partial charge in [0.2, 0.25) is 0 Å². The van der Waals surface area contributed by atoms with E-state index in [1.54, 1.807) is 4.90 Å². The zero-order chi connectivity index (χ0) is 12.1. The standard InChI is InChI=1S/C10H15N5O/c1-7(2)15(5-3-4-11)10(16)9-8(12)6-13-14-9/h6-7H,3,5,12H2,1-2H3,(H,13,14). The number of nitrogens with zero attached hydrogens (tertiary/aromatic N) is 3. The van der Waals surface area contributed by atoms with Crippen LogP contribution in [0.15, 0.2) is 6.20 Å². The molecule has 0 spiro atoms. The van der Waals surface area contributed by atoms with Gasteiger partial charge in [0, 0.05) is 12.6 Å². The first kappa shape index (κ1) is 12.0. The Balaban J connectivity index is 2.84. The van der Waals surface area contributed by atoms with Crippen LogP contribution >= 0.6 is 0 Å². The predicted octanol–water partition coefficient (Wildman–Crippen LogP) is 0.756. The van der Waals surface area contributed by atoms with Gasteiger partial charge in [-0.3, -0.25) is 9.89 Å². The molecule has 0 aliphatic carbocycles. The maximum atomic E-state index is 12.0. The molecule has 1 heterocycles. The molecule has 0 aliphatic heterocycles. The average molecular weight is 221 g/mol. The van der Waals surface area contributed by atoms with Crippen molar-refractivity contribution in [3.8, 4) is 6.07 Å². The molecule has 0 aromatic carbocycles. The van der Waals surface area contributed by atoms with E-state index in [4.69, 9.17) is 11.0 Å². The lowest BCUT2D eigenvalue weighted by Crippen LogP contribution is -2.38. The van der Waals surface area contributed by atoms with E-state index in [9.17, 15) is 4.79 Å². The minimum Gasteiger partial charge on any atom is -0.396 e. The molecule has 0 saturated heterocycles. The Bertz CT molecular complexity index is 404. The molecule has 0 radical (unpaired) electrons. The van der Waals surface area contributed by atoms with Crippen molar-refractivity contribution in [1.29, 1.82) is 5.26 Å². The van der Waals surface area contributed by atoms with E-state index >= 15 is 0 Å². The molecule has 3 N–H and O–H groups in total. The van der Waals surface area contributed by atoms with Crippen LogP contribution in [-0.2, 0) is 0 Å². The van der Waals surface area contributed by atoms with E-state index in [1.807, 2.05) is 19.9 Å². The summed E-state index contributed by atoms with van der Waals surface area (Å²) in [4.78, 5) is 13.6. The number of carbonyl (C=O) groups excluding carboxylic acids is 1. The summed E-state index contributed by atoms with van der Waals surface area (Å²) in [7, 11) is 0. The molecule has 16 heavy (non-hydrogen) atoms. The van der Waals surface area contributed by atoms with Gasteiger partial charge >= 0.3 is 0 Å². The first-order valence-electron chi connectivity index (χ1n) is 5.04. The van der Waals surface area contributed by atoms with Crippen LogP contribution in [0.5, 0.6) is 0 Å². The Hall–Kier alpha value is -2.03. The number of aromatic amines is 1. The number of amides is 1. The van der Waals surface area contributed by atoms with Crippen molar-refractivity contribution in [2.45, 2.75) is 26.3 Å². The lowest BCUT2D eigenvalue weighted by Gasteiger charge is -2.25. The zero-order valence-corrected chi connectivity index (χ0v) is 9.40. The summed E-state index contributed by atoms with van der Waals surface area (Å²) in [6.07, 6.45) is 1.70. The average Bonchev–Trinajstić information content (AvgIpc) is 2.64. The van der Waals surface area contributed by atoms with E-state index < -0.39 is 0 Å². The molecular formula is C10H15N5O. The number of nitrogens with two attached hydrogens (primary N) is 1. The molecule has 0 saturated carbocycles. The van der Waals surface area contributed by atoms with Gasteiger partial charge in [0.05, 0.1) is 24.4 Å². The Morgan fingerprint density at radius 1 is 1.75 bits per heavy atom. The first-order chi connectivity index (χ1) is 7.57. The molecule has 1 aromatic heterocycles. The summed E-state index contributed by atoms with van der Waals surface area (Å²) >= 11 is 0. The molecule has 86 valence electrons. The van der Waals surface area contributed by atoms with E-state index in [0.29, 0.717) is 18.7 Å². The Kier molecular flexibility index (Phi) is 3.89. The van der Waals surface area contributed by atoms with Crippen LogP contribution in [0, 0.1) is 11.3 Å². The molecule has 1 aromatic rings. The highest BCUT2D eigenvalue weighted by Crippen LogP contribution is 2.12. The topological polar surface area (TPSA) is 98.8 Å². The third kappa shape index (κ3) is 2.51. The van der Waals surface area contributed by atoms with Crippen LogP contribution in [-0.4, -0.2) is 33.6 Å². The minimum atomic E-state index is -0.222. The van der Waals surface area contributed by atoms with Crippen LogP contribution in [0.2, 0.25) is 0 Å². The van der Waals surface area contributed by atoms with Crippen LogP contribution in [0.3, 0.4) is 0 Å². The minimum absolute atomic E-state index is 0.0172. The number of nitrogens with one attached hydrogen (secondary N) is 1. The van der Waals surface area contributed by atoms with Crippen molar-refractivity contribution in [1.82, 2.24) is 15.1 Å². The fourth-order valence-corrected chi connectivity index (χ4v) is 1.38. The fourth-order valence-electron chi connectivity index (χ4n) is 1.38. The van der Waals surface area contributed by atoms with Crippen LogP contribution in [0.4, 0.5) is 5.69 Å². The summed E-state index contributed by atoms with van der Waals surface area (Å²) in [6, 6.07) is 2.03. The summed E-state index contributed by atoms with van der Waals surface area (Å²) in [5.74, 6) is -0.222. The first-order valence-corrected chi connectivity index (χ1v) is 5.04. The van der Waals surface area contributed by atoms with Gasteiger partial charge in [0.1, 0.15) is 5.69 Å². The van der Waals surface area contributed by atoms with Gasteiger partial charge in [0.25, 0.3) is 5.91 Å². The molecular weight excluding hydrogens is 206 g/mol. The SMILES string of the molecule is CC(C)N(CCC#N)C(=O)c1[nH]ncc1N. The van der Waals surface area contributed by atoms with E-state index in [1.165, 1.54) is 6.20 Å². The molecule has 0 bridgehead atoms. The van der Waals surface area contributed by atoms with Crippen LogP contribution < -0.4 is 5.73 Å². The number of hydrogen-bond donors (Lipinski definition) is 2. The van der Waals surface area contributed by atoms with Gasteiger partial charge in [-0.25, -0.2) is 0 Å². The van der Waals surface area contributed by atoms with E-state index in [0.717, 1.165) is 0 Å². The third-order valence-electron chi connectivity index (χ3n) is 2.23. The quantitative estimate of drug-likeness (QED) is 0.783. The molecule has 1 rings (SSSR count). The monoisotopic (exact) mass is 221 g/mol. The largest absolute Gasteiger partial charge is 0.396 e. The predicted molar refractivity (Wildman–Crippen MR) is 59.4 cm³/mol. The highest BCUT2D eigenvalue weighted by Gasteiger charge is 2.21. The summed E-state index contributed by atoms with van der Waals surface area (Å²) in [5, 5.41) is 14.8. The molecule has 0 atom stereocenters. The summed E-state index contributed by atoms with van der Waals surface area (Å²) in [6.45, 7) is 4.18. The van der Waals surface area contributed by atoms with Crippen molar-refractivity contribution >= 4 is 11.6 Å². The van der Waals surface area contributed by atoms with Gasteiger partial charge < -0.3 is 10.6 Å². The van der Waals surface area contributed by atoms with Crippen molar-refractivity contribution in [3.63, 3.8) is 0 Å². The number of nitriles is 1. The Morgan fingerprint density at radius 2 is 2.44 bits per heavy atom. The van der Waals surface area contributed by atoms with Crippen molar-refractivity contribution < 1.29 is 4.79 Å². The molecule has 6 heteroatoms. The van der Waals surface area contributed by atoms with Crippen LogP contribution in [0.25, 0.3) is 0 Å².